The van der Waals surface area contributed by atoms with E-state index in [9.17, 15) is 22.8 Å². The van der Waals surface area contributed by atoms with Gasteiger partial charge in [0.1, 0.15) is 0 Å². The van der Waals surface area contributed by atoms with Crippen LogP contribution in [0.25, 0.3) is 0 Å². The first-order valence-corrected chi connectivity index (χ1v) is 7.69. The van der Waals surface area contributed by atoms with Crippen molar-refractivity contribution in [1.82, 2.24) is 10.2 Å². The maximum absolute atomic E-state index is 12.9. The number of alkyl halides is 3. The van der Waals surface area contributed by atoms with Gasteiger partial charge < -0.3 is 16.0 Å². The molecule has 0 saturated heterocycles. The third-order valence-electron chi connectivity index (χ3n) is 3.96. The van der Waals surface area contributed by atoms with Crippen LogP contribution in [0.2, 0.25) is 0 Å². The molecule has 1 fully saturated rings. The lowest BCUT2D eigenvalue weighted by atomic mass is 10.0. The molecule has 1 unspecified atom stereocenters. The summed E-state index contributed by atoms with van der Waals surface area (Å²) in [5.41, 5.74) is 4.84. The first-order chi connectivity index (χ1) is 11.2. The molecule has 3 N–H and O–H groups in total. The normalized spacial score (nSPS) is 15.1. The molecule has 0 aliphatic heterocycles. The van der Waals surface area contributed by atoms with Gasteiger partial charge in [0.2, 0.25) is 11.8 Å². The predicted octanol–water partition coefficient (Wildman–Crippen LogP) is 2.25. The summed E-state index contributed by atoms with van der Waals surface area (Å²) in [4.78, 5) is 25.1. The third kappa shape index (κ3) is 5.61. The number of nitrogens with two attached hydrogens (primary N) is 1. The summed E-state index contributed by atoms with van der Waals surface area (Å²) in [6.07, 6.45) is -2.82. The standard InChI is InChI=1S/C16H20F3N3O2.ClH/c1-10(11-3-2-4-12(7-11)16(17,18)19)22(13-5-6-13)15(24)9-21-14(23)8-20;/h2-4,7,10,13H,5-6,8-9,20H2,1H3,(H,21,23);1H. The van der Waals surface area contributed by atoms with Gasteiger partial charge in [-0.15, -0.1) is 12.4 Å². The van der Waals surface area contributed by atoms with Gasteiger partial charge in [-0.3, -0.25) is 9.59 Å². The zero-order valence-corrected chi connectivity index (χ0v) is 14.5. The number of amides is 2. The molecule has 0 spiro atoms. The van der Waals surface area contributed by atoms with Crippen molar-refractivity contribution in [1.29, 1.82) is 0 Å². The Bertz CT molecular complexity index is 621. The Morgan fingerprint density at radius 3 is 2.52 bits per heavy atom. The monoisotopic (exact) mass is 379 g/mol. The van der Waals surface area contributed by atoms with E-state index in [4.69, 9.17) is 5.73 Å². The molecule has 1 saturated carbocycles. The average Bonchev–Trinajstić information content (AvgIpc) is 3.36. The van der Waals surface area contributed by atoms with E-state index in [0.29, 0.717) is 5.56 Å². The molecule has 0 aromatic heterocycles. The van der Waals surface area contributed by atoms with E-state index in [0.717, 1.165) is 25.0 Å². The molecule has 9 heteroatoms. The number of nitrogens with one attached hydrogen (secondary N) is 1. The number of nitrogens with zero attached hydrogens (tertiary/aromatic N) is 1. The minimum atomic E-state index is -4.43. The fourth-order valence-electron chi connectivity index (χ4n) is 2.56. The lowest BCUT2D eigenvalue weighted by Gasteiger charge is -2.30. The van der Waals surface area contributed by atoms with E-state index in [1.54, 1.807) is 17.9 Å². The van der Waals surface area contributed by atoms with Gasteiger partial charge in [-0.2, -0.15) is 13.2 Å². The first kappa shape index (κ1) is 21.2. The highest BCUT2D eigenvalue weighted by Gasteiger charge is 2.37. The summed E-state index contributed by atoms with van der Waals surface area (Å²) in [7, 11) is 0. The molecule has 1 aromatic carbocycles. The Labute approximate surface area is 150 Å². The van der Waals surface area contributed by atoms with Crippen LogP contribution in [0.15, 0.2) is 24.3 Å². The van der Waals surface area contributed by atoms with Gasteiger partial charge in [-0.1, -0.05) is 12.1 Å². The van der Waals surface area contributed by atoms with Gasteiger partial charge in [-0.05, 0) is 37.5 Å². The van der Waals surface area contributed by atoms with Crippen molar-refractivity contribution in [2.75, 3.05) is 13.1 Å². The van der Waals surface area contributed by atoms with Gasteiger partial charge in [0.25, 0.3) is 0 Å². The van der Waals surface area contributed by atoms with Crippen LogP contribution in [0.1, 0.15) is 36.9 Å². The van der Waals surface area contributed by atoms with Crippen LogP contribution in [-0.4, -0.2) is 35.8 Å². The Kier molecular flexibility index (Phi) is 7.25. The summed E-state index contributed by atoms with van der Waals surface area (Å²) < 4.78 is 38.6. The maximum Gasteiger partial charge on any atom is 0.416 e. The molecule has 1 aliphatic rings. The number of carbonyl (C=O) groups is 2. The van der Waals surface area contributed by atoms with Crippen LogP contribution >= 0.6 is 12.4 Å². The summed E-state index contributed by atoms with van der Waals surface area (Å²) in [6, 6.07) is 4.45. The molecular formula is C16H21ClF3N3O2. The predicted molar refractivity (Wildman–Crippen MR) is 89.0 cm³/mol. The van der Waals surface area contributed by atoms with Crippen molar-refractivity contribution in [3.8, 4) is 0 Å². The van der Waals surface area contributed by atoms with Gasteiger partial charge in [0.15, 0.2) is 0 Å². The van der Waals surface area contributed by atoms with Crippen molar-refractivity contribution in [2.24, 2.45) is 5.73 Å². The number of benzene rings is 1. The minimum Gasteiger partial charge on any atom is -0.346 e. The Morgan fingerprint density at radius 1 is 1.36 bits per heavy atom. The topological polar surface area (TPSA) is 75.4 Å². The van der Waals surface area contributed by atoms with Crippen LogP contribution in [-0.2, 0) is 15.8 Å². The van der Waals surface area contributed by atoms with Crippen LogP contribution in [0.3, 0.4) is 0 Å². The highest BCUT2D eigenvalue weighted by atomic mass is 35.5. The number of hydrogen-bond acceptors (Lipinski definition) is 3. The second kappa shape index (κ2) is 8.53. The Hall–Kier alpha value is -1.80. The van der Waals surface area contributed by atoms with Gasteiger partial charge >= 0.3 is 6.18 Å². The zero-order valence-electron chi connectivity index (χ0n) is 13.7. The number of hydrogen-bond donors (Lipinski definition) is 2. The summed E-state index contributed by atoms with van der Waals surface area (Å²) in [6.45, 7) is 1.26. The Morgan fingerprint density at radius 2 is 2.00 bits per heavy atom. The van der Waals surface area contributed by atoms with Gasteiger partial charge in [0, 0.05) is 6.04 Å². The molecule has 1 aliphatic carbocycles. The van der Waals surface area contributed by atoms with Crippen molar-refractivity contribution in [3.05, 3.63) is 35.4 Å². The molecule has 25 heavy (non-hydrogen) atoms. The summed E-state index contributed by atoms with van der Waals surface area (Å²) in [5, 5.41) is 2.40. The SMILES string of the molecule is CC(c1cccc(C(F)(F)F)c1)N(C(=O)CNC(=O)CN)C1CC1.Cl. The van der Waals surface area contributed by atoms with Crippen molar-refractivity contribution in [2.45, 2.75) is 38.0 Å². The maximum atomic E-state index is 12.9. The Balaban J connectivity index is 0.00000312. The van der Waals surface area contributed by atoms with E-state index in [1.807, 2.05) is 0 Å². The zero-order chi connectivity index (χ0) is 17.9. The second-order valence-electron chi connectivity index (χ2n) is 5.81. The summed E-state index contributed by atoms with van der Waals surface area (Å²) in [5.74, 6) is -0.782. The van der Waals surface area contributed by atoms with E-state index < -0.39 is 23.7 Å². The average molecular weight is 380 g/mol. The fraction of sp³-hybridized carbons (Fsp3) is 0.500. The molecule has 0 bridgehead atoms. The van der Waals surface area contributed by atoms with E-state index in [-0.39, 0.29) is 37.4 Å². The number of halogens is 4. The molecule has 1 aromatic rings. The van der Waals surface area contributed by atoms with E-state index in [1.165, 1.54) is 6.07 Å². The molecule has 2 amide bonds. The van der Waals surface area contributed by atoms with Gasteiger partial charge in [0.05, 0.1) is 24.7 Å². The highest BCUT2D eigenvalue weighted by Crippen LogP contribution is 2.36. The van der Waals surface area contributed by atoms with Crippen LogP contribution in [0.4, 0.5) is 13.2 Å². The quantitative estimate of drug-likeness (QED) is 0.796. The van der Waals surface area contributed by atoms with Crippen LogP contribution in [0, 0.1) is 0 Å². The summed E-state index contributed by atoms with van der Waals surface area (Å²) >= 11 is 0. The molecule has 1 atom stereocenters. The minimum absolute atomic E-state index is 0. The third-order valence-corrected chi connectivity index (χ3v) is 3.96. The van der Waals surface area contributed by atoms with Crippen molar-refractivity contribution >= 4 is 24.2 Å². The van der Waals surface area contributed by atoms with Gasteiger partial charge in [-0.25, -0.2) is 0 Å². The highest BCUT2D eigenvalue weighted by molar-refractivity contribution is 5.86. The molecule has 2 rings (SSSR count). The lowest BCUT2D eigenvalue weighted by Crippen LogP contribution is -2.44. The van der Waals surface area contributed by atoms with Crippen molar-refractivity contribution < 1.29 is 22.8 Å². The van der Waals surface area contributed by atoms with E-state index >= 15 is 0 Å². The van der Waals surface area contributed by atoms with E-state index in [2.05, 4.69) is 5.32 Å². The molecule has 5 nitrogen and oxygen atoms in total. The van der Waals surface area contributed by atoms with Crippen LogP contribution in [0.5, 0.6) is 0 Å². The molecule has 0 heterocycles. The van der Waals surface area contributed by atoms with Crippen LogP contribution < -0.4 is 11.1 Å². The fourth-order valence-corrected chi connectivity index (χ4v) is 2.56. The smallest absolute Gasteiger partial charge is 0.346 e. The second-order valence-corrected chi connectivity index (χ2v) is 5.81. The molecule has 140 valence electrons. The molecule has 0 radical (unpaired) electrons. The largest absolute Gasteiger partial charge is 0.416 e. The first-order valence-electron chi connectivity index (χ1n) is 7.69. The number of carbonyl (C=O) groups excluding carboxylic acids is 2. The lowest BCUT2D eigenvalue weighted by molar-refractivity contribution is -0.137. The van der Waals surface area contributed by atoms with Crippen molar-refractivity contribution in [3.63, 3.8) is 0 Å². The molecular weight excluding hydrogens is 359 g/mol. The number of rotatable bonds is 6.